The van der Waals surface area contributed by atoms with Gasteiger partial charge < -0.3 is 5.32 Å². The molecule has 4 aromatic rings. The van der Waals surface area contributed by atoms with Crippen LogP contribution in [0.3, 0.4) is 0 Å². The van der Waals surface area contributed by atoms with Gasteiger partial charge in [-0.3, -0.25) is 4.79 Å². The lowest BCUT2D eigenvalue weighted by Crippen LogP contribution is -2.23. The molecule has 0 bridgehead atoms. The molecule has 0 aliphatic carbocycles. The summed E-state index contributed by atoms with van der Waals surface area (Å²) in [5.74, 6) is -0.425. The summed E-state index contributed by atoms with van der Waals surface area (Å²) in [5, 5.41) is 17.2. The van der Waals surface area contributed by atoms with Crippen molar-refractivity contribution in [2.45, 2.75) is 6.54 Å². The SMILES string of the molecule is N#CC(=Cc1cn(-c2ccccc2)nc1-c1ccc(Br)cc1)C(=O)NCc1ccccc1. The van der Waals surface area contributed by atoms with Crippen molar-refractivity contribution in [3.63, 3.8) is 0 Å². The fourth-order valence-electron chi connectivity index (χ4n) is 3.22. The van der Waals surface area contributed by atoms with E-state index >= 15 is 0 Å². The Morgan fingerprint density at radius 2 is 1.66 bits per heavy atom. The van der Waals surface area contributed by atoms with Gasteiger partial charge >= 0.3 is 0 Å². The Bertz CT molecular complexity index is 1290. The predicted octanol–water partition coefficient (Wildman–Crippen LogP) is 5.53. The number of hydrogen-bond acceptors (Lipinski definition) is 3. The van der Waals surface area contributed by atoms with Crippen molar-refractivity contribution in [2.24, 2.45) is 0 Å². The third-order valence-corrected chi connectivity index (χ3v) is 5.37. The summed E-state index contributed by atoms with van der Waals surface area (Å²) in [6.07, 6.45) is 3.42. The number of hydrogen-bond donors (Lipinski definition) is 1. The summed E-state index contributed by atoms with van der Waals surface area (Å²) in [4.78, 5) is 12.7. The van der Waals surface area contributed by atoms with Crippen molar-refractivity contribution < 1.29 is 4.79 Å². The Morgan fingerprint density at radius 1 is 1.00 bits per heavy atom. The van der Waals surface area contributed by atoms with Gasteiger partial charge in [-0.1, -0.05) is 76.6 Å². The second-order valence-corrected chi connectivity index (χ2v) is 7.97. The van der Waals surface area contributed by atoms with Gasteiger partial charge in [0.25, 0.3) is 5.91 Å². The molecule has 0 unspecified atom stereocenters. The fourth-order valence-corrected chi connectivity index (χ4v) is 3.48. The number of aromatic nitrogens is 2. The quantitative estimate of drug-likeness (QED) is 0.290. The van der Waals surface area contributed by atoms with E-state index in [4.69, 9.17) is 5.10 Å². The summed E-state index contributed by atoms with van der Waals surface area (Å²) in [5.41, 5.74) is 4.12. The normalized spacial score (nSPS) is 11.1. The van der Waals surface area contributed by atoms with Crippen LogP contribution < -0.4 is 5.32 Å². The first-order valence-electron chi connectivity index (χ1n) is 9.99. The van der Waals surface area contributed by atoms with Crippen molar-refractivity contribution in [2.75, 3.05) is 0 Å². The molecule has 0 aliphatic rings. The van der Waals surface area contributed by atoms with Crippen LogP contribution in [0.5, 0.6) is 0 Å². The molecular weight excluding hydrogens is 464 g/mol. The predicted molar refractivity (Wildman–Crippen MR) is 129 cm³/mol. The van der Waals surface area contributed by atoms with E-state index in [9.17, 15) is 10.1 Å². The van der Waals surface area contributed by atoms with Gasteiger partial charge in [0.1, 0.15) is 11.6 Å². The number of nitriles is 1. The molecule has 0 saturated heterocycles. The smallest absolute Gasteiger partial charge is 0.262 e. The zero-order valence-electron chi connectivity index (χ0n) is 17.1. The Morgan fingerprint density at radius 3 is 2.31 bits per heavy atom. The summed E-state index contributed by atoms with van der Waals surface area (Å²) in [6, 6.07) is 29.1. The first-order chi connectivity index (χ1) is 15.6. The monoisotopic (exact) mass is 482 g/mol. The lowest BCUT2D eigenvalue weighted by atomic mass is 10.1. The van der Waals surface area contributed by atoms with E-state index in [0.29, 0.717) is 17.8 Å². The van der Waals surface area contributed by atoms with Crippen molar-refractivity contribution in [1.29, 1.82) is 5.26 Å². The number of nitrogens with one attached hydrogen (secondary N) is 1. The molecule has 0 fully saturated rings. The third-order valence-electron chi connectivity index (χ3n) is 4.84. The van der Waals surface area contributed by atoms with E-state index in [0.717, 1.165) is 21.3 Å². The maximum absolute atomic E-state index is 12.7. The molecule has 6 heteroatoms. The molecule has 0 spiro atoms. The highest BCUT2D eigenvalue weighted by Gasteiger charge is 2.15. The number of para-hydroxylation sites is 1. The van der Waals surface area contributed by atoms with Crippen LogP contribution in [0.1, 0.15) is 11.1 Å². The molecule has 0 saturated carbocycles. The van der Waals surface area contributed by atoms with E-state index in [1.807, 2.05) is 97.2 Å². The van der Waals surface area contributed by atoms with E-state index in [1.165, 1.54) is 0 Å². The van der Waals surface area contributed by atoms with Crippen LogP contribution in [0.15, 0.2) is 101 Å². The van der Waals surface area contributed by atoms with Gasteiger partial charge in [0.2, 0.25) is 0 Å². The molecule has 4 rings (SSSR count). The molecule has 5 nitrogen and oxygen atoms in total. The highest BCUT2D eigenvalue weighted by Crippen LogP contribution is 2.27. The van der Waals surface area contributed by atoms with Crippen molar-refractivity contribution in [1.82, 2.24) is 15.1 Å². The van der Waals surface area contributed by atoms with E-state index in [2.05, 4.69) is 21.2 Å². The van der Waals surface area contributed by atoms with Gasteiger partial charge in [-0.05, 0) is 35.9 Å². The minimum Gasteiger partial charge on any atom is -0.347 e. The van der Waals surface area contributed by atoms with Gasteiger partial charge in [-0.15, -0.1) is 0 Å². The van der Waals surface area contributed by atoms with E-state index in [-0.39, 0.29) is 5.57 Å². The summed E-state index contributed by atoms with van der Waals surface area (Å²) in [6.45, 7) is 0.349. The second-order valence-electron chi connectivity index (χ2n) is 7.06. The molecule has 0 aliphatic heterocycles. The van der Waals surface area contributed by atoms with Crippen LogP contribution >= 0.6 is 15.9 Å². The number of carbonyl (C=O) groups excluding carboxylic acids is 1. The van der Waals surface area contributed by atoms with Crippen molar-refractivity contribution >= 4 is 27.9 Å². The van der Waals surface area contributed by atoms with Crippen LogP contribution in [-0.4, -0.2) is 15.7 Å². The number of amides is 1. The van der Waals surface area contributed by atoms with E-state index < -0.39 is 5.91 Å². The zero-order valence-corrected chi connectivity index (χ0v) is 18.7. The Hall–Kier alpha value is -3.95. The van der Waals surface area contributed by atoms with Crippen LogP contribution in [0.2, 0.25) is 0 Å². The topological polar surface area (TPSA) is 70.7 Å². The first-order valence-corrected chi connectivity index (χ1v) is 10.8. The zero-order chi connectivity index (χ0) is 22.3. The number of carbonyl (C=O) groups is 1. The van der Waals surface area contributed by atoms with Crippen LogP contribution in [0.4, 0.5) is 0 Å². The minimum atomic E-state index is -0.425. The molecular formula is C26H19BrN4O. The number of halogens is 1. The van der Waals surface area contributed by atoms with Gasteiger partial charge in [0.05, 0.1) is 11.4 Å². The Kier molecular flexibility index (Phi) is 6.59. The molecule has 32 heavy (non-hydrogen) atoms. The maximum atomic E-state index is 12.7. The van der Waals surface area contributed by atoms with Gasteiger partial charge in [0.15, 0.2) is 0 Å². The summed E-state index contributed by atoms with van der Waals surface area (Å²) in [7, 11) is 0. The molecule has 1 heterocycles. The molecule has 1 aromatic heterocycles. The molecule has 0 radical (unpaired) electrons. The van der Waals surface area contributed by atoms with Crippen LogP contribution in [0.25, 0.3) is 23.0 Å². The Balaban J connectivity index is 1.69. The summed E-state index contributed by atoms with van der Waals surface area (Å²) >= 11 is 3.45. The lowest BCUT2D eigenvalue weighted by Gasteiger charge is -2.04. The number of rotatable bonds is 6. The highest BCUT2D eigenvalue weighted by atomic mass is 79.9. The Labute approximate surface area is 194 Å². The van der Waals surface area contributed by atoms with Crippen LogP contribution in [0, 0.1) is 11.3 Å². The average Bonchev–Trinajstić information content (AvgIpc) is 3.26. The number of benzene rings is 3. The van der Waals surface area contributed by atoms with Crippen molar-refractivity contribution in [3.8, 4) is 23.0 Å². The fraction of sp³-hybridized carbons (Fsp3) is 0.0385. The lowest BCUT2D eigenvalue weighted by molar-refractivity contribution is -0.117. The van der Waals surface area contributed by atoms with Gasteiger partial charge in [-0.25, -0.2) is 4.68 Å². The molecule has 3 aromatic carbocycles. The van der Waals surface area contributed by atoms with E-state index in [1.54, 1.807) is 10.8 Å². The molecule has 1 amide bonds. The minimum absolute atomic E-state index is 0.0203. The average molecular weight is 483 g/mol. The maximum Gasteiger partial charge on any atom is 0.262 e. The second kappa shape index (κ2) is 9.90. The first kappa shape index (κ1) is 21.3. The van der Waals surface area contributed by atoms with Gasteiger partial charge in [0, 0.05) is 28.3 Å². The van der Waals surface area contributed by atoms with Crippen LogP contribution in [-0.2, 0) is 11.3 Å². The third kappa shape index (κ3) is 5.02. The standard InChI is InChI=1S/C26H19BrN4O/c27-23-13-11-20(12-14-23)25-22(18-31(30-25)24-9-5-2-6-10-24)15-21(16-28)26(32)29-17-19-7-3-1-4-8-19/h1-15,18H,17H2,(H,29,32). The molecule has 156 valence electrons. The highest BCUT2D eigenvalue weighted by molar-refractivity contribution is 9.10. The summed E-state index contributed by atoms with van der Waals surface area (Å²) < 4.78 is 2.71. The molecule has 0 atom stereocenters. The van der Waals surface area contributed by atoms with Crippen molar-refractivity contribution in [3.05, 3.63) is 112 Å². The van der Waals surface area contributed by atoms with Gasteiger partial charge in [-0.2, -0.15) is 10.4 Å². The largest absolute Gasteiger partial charge is 0.347 e. The molecule has 1 N–H and O–H groups in total. The number of nitrogens with zero attached hydrogens (tertiary/aromatic N) is 3.